The van der Waals surface area contributed by atoms with Gasteiger partial charge >= 0.3 is 6.18 Å². The van der Waals surface area contributed by atoms with Crippen LogP contribution in [0.1, 0.15) is 18.1 Å². The van der Waals surface area contributed by atoms with Crippen molar-refractivity contribution in [3.8, 4) is 17.3 Å². The van der Waals surface area contributed by atoms with Crippen molar-refractivity contribution >= 4 is 23.5 Å². The van der Waals surface area contributed by atoms with Crippen molar-refractivity contribution in [1.82, 2.24) is 9.30 Å². The highest BCUT2D eigenvalue weighted by molar-refractivity contribution is 6.17. The average molecular weight is 329 g/mol. The Kier molecular flexibility index (Phi) is 4.10. The molecule has 0 fully saturated rings. The SMILES string of the molecule is CC(=O)Nc1cc(-c2cccc(C(F)(F)F)c2C#N)nn1Cl. The molecule has 1 aromatic carbocycles. The van der Waals surface area contributed by atoms with E-state index in [2.05, 4.69) is 10.4 Å². The second-order valence-corrected chi connectivity index (χ2v) is 4.61. The molecule has 0 bridgehead atoms. The summed E-state index contributed by atoms with van der Waals surface area (Å²) in [4.78, 5) is 11.0. The molecule has 114 valence electrons. The van der Waals surface area contributed by atoms with Gasteiger partial charge in [-0.25, -0.2) is 0 Å². The number of hydrogen-bond donors (Lipinski definition) is 1. The van der Waals surface area contributed by atoms with E-state index in [1.807, 2.05) is 0 Å². The molecular weight excluding hydrogens is 321 g/mol. The minimum Gasteiger partial charge on any atom is -0.310 e. The predicted molar refractivity (Wildman–Crippen MR) is 72.9 cm³/mol. The maximum atomic E-state index is 12.9. The molecule has 0 aliphatic rings. The number of rotatable bonds is 2. The summed E-state index contributed by atoms with van der Waals surface area (Å²) in [6.45, 7) is 1.24. The average Bonchev–Trinajstić information content (AvgIpc) is 2.77. The fraction of sp³-hybridized carbons (Fsp3) is 0.154. The van der Waals surface area contributed by atoms with Gasteiger partial charge in [0.1, 0.15) is 11.9 Å². The molecule has 22 heavy (non-hydrogen) atoms. The number of amides is 1. The Bertz CT molecular complexity index is 777. The Morgan fingerprint density at radius 2 is 2.14 bits per heavy atom. The van der Waals surface area contributed by atoms with Crippen LogP contribution in [0.3, 0.4) is 0 Å². The van der Waals surface area contributed by atoms with Crippen LogP contribution in [0, 0.1) is 11.3 Å². The molecule has 0 spiro atoms. The minimum atomic E-state index is -4.66. The van der Waals surface area contributed by atoms with Crippen molar-refractivity contribution < 1.29 is 18.0 Å². The Balaban J connectivity index is 2.59. The first-order valence-corrected chi connectivity index (χ1v) is 6.22. The van der Waals surface area contributed by atoms with Crippen molar-refractivity contribution in [2.75, 3.05) is 5.32 Å². The van der Waals surface area contributed by atoms with E-state index >= 15 is 0 Å². The number of nitrogens with zero attached hydrogens (tertiary/aromatic N) is 3. The molecule has 1 aromatic heterocycles. The number of anilines is 1. The summed E-state index contributed by atoms with van der Waals surface area (Å²) in [5.74, 6) is -0.330. The molecule has 0 aliphatic heterocycles. The predicted octanol–water partition coefficient (Wildman–Crippen LogP) is 3.40. The van der Waals surface area contributed by atoms with Crippen LogP contribution >= 0.6 is 11.8 Å². The first kappa shape index (κ1) is 15.9. The summed E-state index contributed by atoms with van der Waals surface area (Å²) in [6.07, 6.45) is -4.66. The number of carbonyl (C=O) groups excluding carboxylic acids is 1. The molecule has 5 nitrogen and oxygen atoms in total. The number of halogens is 4. The van der Waals surface area contributed by atoms with Gasteiger partial charge in [-0.15, -0.1) is 0 Å². The summed E-state index contributed by atoms with van der Waals surface area (Å²) in [6, 6.07) is 6.13. The number of alkyl halides is 3. The lowest BCUT2D eigenvalue weighted by Gasteiger charge is -2.10. The second-order valence-electron chi connectivity index (χ2n) is 4.29. The molecule has 9 heteroatoms. The molecule has 0 saturated carbocycles. The van der Waals surface area contributed by atoms with Crippen molar-refractivity contribution in [3.05, 3.63) is 35.4 Å². The molecule has 1 heterocycles. The van der Waals surface area contributed by atoms with Crippen molar-refractivity contribution in [1.29, 1.82) is 5.26 Å². The number of benzene rings is 1. The summed E-state index contributed by atoms with van der Waals surface area (Å²) in [7, 11) is 0. The van der Waals surface area contributed by atoms with Gasteiger partial charge < -0.3 is 5.32 Å². The third-order valence-electron chi connectivity index (χ3n) is 2.73. The zero-order valence-corrected chi connectivity index (χ0v) is 11.8. The van der Waals surface area contributed by atoms with Gasteiger partial charge in [0.05, 0.1) is 16.8 Å². The van der Waals surface area contributed by atoms with E-state index < -0.39 is 23.2 Å². The molecule has 0 unspecified atom stereocenters. The topological polar surface area (TPSA) is 70.7 Å². The zero-order valence-electron chi connectivity index (χ0n) is 11.1. The summed E-state index contributed by atoms with van der Waals surface area (Å²) in [5, 5.41) is 15.2. The van der Waals surface area contributed by atoms with Crippen LogP contribution in [0.25, 0.3) is 11.3 Å². The molecule has 0 aliphatic carbocycles. The molecule has 0 atom stereocenters. The number of carbonyl (C=O) groups is 1. The van der Waals surface area contributed by atoms with Crippen LogP contribution in [-0.4, -0.2) is 15.2 Å². The van der Waals surface area contributed by atoms with Gasteiger partial charge in [-0.05, 0) is 6.07 Å². The molecule has 1 amide bonds. The Morgan fingerprint density at radius 1 is 1.45 bits per heavy atom. The Labute approximate surface area is 128 Å². The van der Waals surface area contributed by atoms with Gasteiger partial charge in [0, 0.05) is 30.3 Å². The lowest BCUT2D eigenvalue weighted by atomic mass is 9.99. The van der Waals surface area contributed by atoms with Crippen LogP contribution in [0.4, 0.5) is 19.0 Å². The van der Waals surface area contributed by atoms with E-state index in [1.165, 1.54) is 31.2 Å². The molecule has 2 rings (SSSR count). The van der Waals surface area contributed by atoms with Crippen LogP contribution < -0.4 is 5.32 Å². The lowest BCUT2D eigenvalue weighted by Crippen LogP contribution is -2.08. The zero-order chi connectivity index (χ0) is 16.5. The third-order valence-corrected chi connectivity index (χ3v) is 2.99. The summed E-state index contributed by atoms with van der Waals surface area (Å²) < 4.78 is 39.6. The first-order chi connectivity index (χ1) is 10.2. The van der Waals surface area contributed by atoms with Gasteiger partial charge in [0.2, 0.25) is 5.91 Å². The third kappa shape index (κ3) is 3.04. The van der Waals surface area contributed by atoms with E-state index in [4.69, 9.17) is 17.0 Å². The lowest BCUT2D eigenvalue weighted by molar-refractivity contribution is -0.137. The molecule has 0 saturated heterocycles. The van der Waals surface area contributed by atoms with Crippen molar-refractivity contribution in [2.45, 2.75) is 13.1 Å². The molecule has 2 aromatic rings. The number of aromatic nitrogens is 2. The fourth-order valence-corrected chi connectivity index (χ4v) is 2.05. The quantitative estimate of drug-likeness (QED) is 0.918. The normalized spacial score (nSPS) is 11.1. The Hall–Kier alpha value is -2.53. The van der Waals surface area contributed by atoms with Gasteiger partial charge in [0.25, 0.3) is 0 Å². The van der Waals surface area contributed by atoms with Gasteiger partial charge in [0.15, 0.2) is 0 Å². The minimum absolute atomic E-state index is 0.0247. The van der Waals surface area contributed by atoms with E-state index in [0.717, 1.165) is 10.3 Å². The van der Waals surface area contributed by atoms with Gasteiger partial charge in [-0.3, -0.25) is 4.79 Å². The Morgan fingerprint density at radius 3 is 2.68 bits per heavy atom. The van der Waals surface area contributed by atoms with Crippen LogP contribution in [-0.2, 0) is 11.0 Å². The van der Waals surface area contributed by atoms with Crippen molar-refractivity contribution in [3.63, 3.8) is 0 Å². The van der Waals surface area contributed by atoms with E-state index in [1.54, 1.807) is 0 Å². The highest BCUT2D eigenvalue weighted by Gasteiger charge is 2.34. The largest absolute Gasteiger partial charge is 0.417 e. The van der Waals surface area contributed by atoms with Crippen LogP contribution in [0.5, 0.6) is 0 Å². The van der Waals surface area contributed by atoms with E-state index in [-0.39, 0.29) is 17.1 Å². The highest BCUT2D eigenvalue weighted by atomic mass is 35.5. The smallest absolute Gasteiger partial charge is 0.310 e. The molecule has 1 N–H and O–H groups in total. The van der Waals surface area contributed by atoms with Gasteiger partial charge in [-0.2, -0.15) is 27.7 Å². The highest BCUT2D eigenvalue weighted by Crippen LogP contribution is 2.36. The standard InChI is InChI=1S/C13H8ClF3N4O/c1-7(22)19-12-5-11(20-21(12)14)8-3-2-4-10(9(8)6-18)13(15,16)17/h2-5H,1H3,(H,19,22). The number of nitriles is 1. The summed E-state index contributed by atoms with van der Waals surface area (Å²) >= 11 is 5.75. The molecular formula is C13H8ClF3N4O. The fourth-order valence-electron chi connectivity index (χ4n) is 1.88. The van der Waals surface area contributed by atoms with Gasteiger partial charge in [-0.1, -0.05) is 12.1 Å². The summed E-state index contributed by atoms with van der Waals surface area (Å²) in [5.41, 5.74) is -1.60. The molecule has 0 radical (unpaired) electrons. The maximum Gasteiger partial charge on any atom is 0.417 e. The monoisotopic (exact) mass is 328 g/mol. The van der Waals surface area contributed by atoms with E-state index in [9.17, 15) is 18.0 Å². The maximum absolute atomic E-state index is 12.9. The van der Waals surface area contributed by atoms with Crippen LogP contribution in [0.15, 0.2) is 24.3 Å². The first-order valence-electron chi connectivity index (χ1n) is 5.88. The van der Waals surface area contributed by atoms with Crippen LogP contribution in [0.2, 0.25) is 0 Å². The van der Waals surface area contributed by atoms with Crippen molar-refractivity contribution in [2.24, 2.45) is 0 Å². The number of nitrogens with one attached hydrogen (secondary N) is 1. The second kappa shape index (κ2) is 5.69. The van der Waals surface area contributed by atoms with E-state index in [0.29, 0.717) is 0 Å². The number of hydrogen-bond acceptors (Lipinski definition) is 3.